The van der Waals surface area contributed by atoms with Gasteiger partial charge in [0.1, 0.15) is 21.9 Å². The normalized spacial score (nSPS) is 13.9. The Morgan fingerprint density at radius 1 is 1.33 bits per heavy atom. The molecule has 6 heteroatoms. The largest absolute Gasteiger partial charge is 0.591 e. The van der Waals surface area contributed by atoms with Crippen LogP contribution in [0.1, 0.15) is 26.3 Å². The van der Waals surface area contributed by atoms with Gasteiger partial charge in [-0.1, -0.05) is 4.40 Å². The summed E-state index contributed by atoms with van der Waals surface area (Å²) in [5.74, 6) is -1.92. The average molecular weight is 275 g/mol. The third kappa shape index (κ3) is 3.43. The fourth-order valence-electron chi connectivity index (χ4n) is 1.11. The molecule has 1 unspecified atom stereocenters. The topological polar surface area (TPSA) is 44.6 Å². The molecule has 0 bridgehead atoms. The third-order valence-corrected chi connectivity index (χ3v) is 3.46. The fourth-order valence-corrected chi connectivity index (χ4v) is 1.62. The van der Waals surface area contributed by atoms with E-state index >= 15 is 0 Å². The van der Waals surface area contributed by atoms with Gasteiger partial charge in [0.05, 0.1) is 18.9 Å². The highest BCUT2D eigenvalue weighted by molar-refractivity contribution is 7.91. The molecule has 0 aromatic heterocycles. The molecule has 0 saturated heterocycles. The summed E-state index contributed by atoms with van der Waals surface area (Å²) < 4.78 is 46.4. The maximum Gasteiger partial charge on any atom is 0.171 e. The van der Waals surface area contributed by atoms with Crippen molar-refractivity contribution in [1.29, 1.82) is 0 Å². The number of hydrogen-bond donors (Lipinski definition) is 0. The van der Waals surface area contributed by atoms with E-state index in [-0.39, 0.29) is 11.3 Å². The van der Waals surface area contributed by atoms with Crippen molar-refractivity contribution in [3.8, 4) is 5.75 Å². The molecule has 0 aliphatic rings. The van der Waals surface area contributed by atoms with Crippen molar-refractivity contribution in [2.24, 2.45) is 4.40 Å². The molecule has 0 saturated carbocycles. The molecule has 100 valence electrons. The molecule has 0 radical (unpaired) electrons. The Balaban J connectivity index is 3.11. The Kier molecular flexibility index (Phi) is 4.70. The van der Waals surface area contributed by atoms with Crippen LogP contribution in [0.4, 0.5) is 8.78 Å². The molecule has 0 amide bonds. The van der Waals surface area contributed by atoms with Crippen molar-refractivity contribution in [3.05, 3.63) is 29.3 Å². The van der Waals surface area contributed by atoms with Crippen LogP contribution in [0, 0.1) is 11.6 Å². The van der Waals surface area contributed by atoms with Crippen LogP contribution < -0.4 is 4.74 Å². The fraction of sp³-hybridized carbons (Fsp3) is 0.417. The van der Waals surface area contributed by atoms with Gasteiger partial charge in [0.25, 0.3) is 0 Å². The lowest BCUT2D eigenvalue weighted by atomic mass is 10.2. The molecule has 1 rings (SSSR count). The van der Waals surface area contributed by atoms with Crippen LogP contribution in [0.5, 0.6) is 5.75 Å². The smallest absolute Gasteiger partial charge is 0.171 e. The van der Waals surface area contributed by atoms with Crippen LogP contribution in [0.3, 0.4) is 0 Å². The maximum atomic E-state index is 13.6. The number of hydrogen-bond acceptors (Lipinski definition) is 3. The quantitative estimate of drug-likeness (QED) is 0.629. The van der Waals surface area contributed by atoms with Gasteiger partial charge in [-0.15, -0.1) is 0 Å². The number of ether oxygens (including phenoxy) is 1. The zero-order valence-electron chi connectivity index (χ0n) is 10.7. The monoisotopic (exact) mass is 275 g/mol. The predicted molar refractivity (Wildman–Crippen MR) is 68.4 cm³/mol. The highest BCUT2D eigenvalue weighted by Gasteiger charge is 2.26. The predicted octanol–water partition coefficient (Wildman–Crippen LogP) is 2.85. The molecule has 18 heavy (non-hydrogen) atoms. The van der Waals surface area contributed by atoms with E-state index in [1.807, 2.05) is 0 Å². The average Bonchev–Trinajstić information content (AvgIpc) is 2.29. The number of halogens is 2. The van der Waals surface area contributed by atoms with Gasteiger partial charge in [0.2, 0.25) is 0 Å². The molecule has 1 aromatic carbocycles. The zero-order chi connectivity index (χ0) is 13.9. The highest BCUT2D eigenvalue weighted by Crippen LogP contribution is 2.23. The van der Waals surface area contributed by atoms with Crippen molar-refractivity contribution in [1.82, 2.24) is 0 Å². The van der Waals surface area contributed by atoms with Crippen molar-refractivity contribution >= 4 is 17.6 Å². The van der Waals surface area contributed by atoms with Gasteiger partial charge in [-0.3, -0.25) is 0 Å². The van der Waals surface area contributed by atoms with E-state index in [1.165, 1.54) is 13.2 Å². The van der Waals surface area contributed by atoms with E-state index in [0.29, 0.717) is 0 Å². The number of rotatable bonds is 3. The molecule has 1 aromatic rings. The Bertz CT molecular complexity index is 458. The molecule has 0 aliphatic carbocycles. The molecule has 0 aliphatic heterocycles. The highest BCUT2D eigenvalue weighted by atomic mass is 32.2. The van der Waals surface area contributed by atoms with Crippen molar-refractivity contribution in [3.63, 3.8) is 0 Å². The first-order chi connectivity index (χ1) is 8.27. The van der Waals surface area contributed by atoms with Crippen LogP contribution in [0.15, 0.2) is 16.5 Å². The second kappa shape index (κ2) is 5.67. The van der Waals surface area contributed by atoms with Crippen LogP contribution in [-0.2, 0) is 11.4 Å². The molecule has 0 spiro atoms. The lowest BCUT2D eigenvalue weighted by Crippen LogP contribution is -2.25. The Morgan fingerprint density at radius 3 is 2.44 bits per heavy atom. The van der Waals surface area contributed by atoms with Crippen LogP contribution in [0.25, 0.3) is 0 Å². The number of benzene rings is 1. The maximum absolute atomic E-state index is 13.6. The third-order valence-electron chi connectivity index (χ3n) is 2.11. The Labute approximate surface area is 108 Å². The second-order valence-corrected chi connectivity index (χ2v) is 6.51. The summed E-state index contributed by atoms with van der Waals surface area (Å²) in [7, 11) is 1.34. The first kappa shape index (κ1) is 14.9. The van der Waals surface area contributed by atoms with Gasteiger partial charge in [-0.05, 0) is 32.9 Å². The summed E-state index contributed by atoms with van der Waals surface area (Å²) in [4.78, 5) is 0. The van der Waals surface area contributed by atoms with Crippen LogP contribution in [0.2, 0.25) is 0 Å². The molecule has 3 nitrogen and oxygen atoms in total. The number of methoxy groups -OCH3 is 1. The van der Waals surface area contributed by atoms with Gasteiger partial charge < -0.3 is 9.29 Å². The summed E-state index contributed by atoms with van der Waals surface area (Å²) in [6.07, 6.45) is 1.04. The first-order valence-electron chi connectivity index (χ1n) is 5.25. The summed E-state index contributed by atoms with van der Waals surface area (Å²) in [5, 5.41) is 0. The number of nitrogens with zero attached hydrogens (tertiary/aromatic N) is 1. The van der Waals surface area contributed by atoms with Gasteiger partial charge in [-0.2, -0.15) is 0 Å². The lowest BCUT2D eigenvalue weighted by Gasteiger charge is -2.17. The Morgan fingerprint density at radius 2 is 1.94 bits per heavy atom. The lowest BCUT2D eigenvalue weighted by molar-refractivity contribution is 0.405. The SMILES string of the molecule is COc1ccc(F)c(F)c1C=N[S+]([O-])C(C)(C)C. The minimum atomic E-state index is -1.54. The van der Waals surface area contributed by atoms with Gasteiger partial charge in [0.15, 0.2) is 11.6 Å². The van der Waals surface area contributed by atoms with Crippen molar-refractivity contribution in [2.75, 3.05) is 7.11 Å². The zero-order valence-corrected chi connectivity index (χ0v) is 11.5. The van der Waals surface area contributed by atoms with Gasteiger partial charge in [-0.25, -0.2) is 8.78 Å². The van der Waals surface area contributed by atoms with Crippen molar-refractivity contribution in [2.45, 2.75) is 25.5 Å². The van der Waals surface area contributed by atoms with Gasteiger partial charge >= 0.3 is 0 Å². The molecular formula is C12H15F2NO2S. The van der Waals surface area contributed by atoms with Crippen LogP contribution >= 0.6 is 0 Å². The van der Waals surface area contributed by atoms with E-state index in [1.54, 1.807) is 20.8 Å². The van der Waals surface area contributed by atoms with E-state index < -0.39 is 27.7 Å². The minimum absolute atomic E-state index is 0.142. The van der Waals surface area contributed by atoms with Crippen LogP contribution in [-0.4, -0.2) is 22.6 Å². The van der Waals surface area contributed by atoms with E-state index in [9.17, 15) is 13.3 Å². The molecular weight excluding hydrogens is 260 g/mol. The summed E-state index contributed by atoms with van der Waals surface area (Å²) >= 11 is -1.54. The summed E-state index contributed by atoms with van der Waals surface area (Å²) in [6, 6.07) is 2.26. The van der Waals surface area contributed by atoms with E-state index in [4.69, 9.17) is 4.74 Å². The Hall–Kier alpha value is -1.14. The minimum Gasteiger partial charge on any atom is -0.591 e. The summed E-state index contributed by atoms with van der Waals surface area (Å²) in [5.41, 5.74) is -0.143. The van der Waals surface area contributed by atoms with Crippen molar-refractivity contribution < 1.29 is 18.1 Å². The van der Waals surface area contributed by atoms with E-state index in [0.717, 1.165) is 12.3 Å². The molecule has 1 atom stereocenters. The standard InChI is InChI=1S/C12H15F2NO2S/c1-12(2,3)18(16)15-7-8-10(17-4)6-5-9(13)11(8)14/h5-7H,1-4H3. The molecule has 0 N–H and O–H groups in total. The van der Waals surface area contributed by atoms with E-state index in [2.05, 4.69) is 4.40 Å². The second-order valence-electron chi connectivity index (χ2n) is 4.57. The van der Waals surface area contributed by atoms with Gasteiger partial charge in [0, 0.05) is 0 Å². The first-order valence-corrected chi connectivity index (χ1v) is 6.36. The summed E-state index contributed by atoms with van der Waals surface area (Å²) in [6.45, 7) is 5.21. The molecule has 0 fully saturated rings. The molecule has 0 heterocycles.